The van der Waals surface area contributed by atoms with Crippen molar-refractivity contribution in [3.63, 3.8) is 0 Å². The van der Waals surface area contributed by atoms with Crippen LogP contribution < -0.4 is 5.32 Å². The number of nitrogens with one attached hydrogen (secondary N) is 2. The fraction of sp³-hybridized carbons (Fsp3) is 0.667. The van der Waals surface area contributed by atoms with Gasteiger partial charge in [0, 0.05) is 18.4 Å². The average molecular weight is 199 g/mol. The number of aliphatic hydroxyl groups is 2. The first-order valence-corrected chi connectivity index (χ1v) is 4.70. The van der Waals surface area contributed by atoms with E-state index in [2.05, 4.69) is 15.3 Å². The Bertz CT molecular complexity index is 236. The summed E-state index contributed by atoms with van der Waals surface area (Å²) in [5, 5.41) is 21.4. The van der Waals surface area contributed by atoms with Crippen molar-refractivity contribution in [3.8, 4) is 0 Å². The van der Waals surface area contributed by atoms with Gasteiger partial charge < -0.3 is 20.5 Å². The van der Waals surface area contributed by atoms with Crippen molar-refractivity contribution in [2.24, 2.45) is 0 Å². The van der Waals surface area contributed by atoms with E-state index in [4.69, 9.17) is 10.2 Å². The Morgan fingerprint density at radius 2 is 2.21 bits per heavy atom. The van der Waals surface area contributed by atoms with Crippen LogP contribution in [0.25, 0.3) is 0 Å². The second kappa shape index (κ2) is 5.09. The van der Waals surface area contributed by atoms with Crippen molar-refractivity contribution in [1.82, 2.24) is 15.3 Å². The molecule has 0 amide bonds. The lowest BCUT2D eigenvalue weighted by Gasteiger charge is -2.29. The number of aromatic amines is 1. The fourth-order valence-electron chi connectivity index (χ4n) is 1.17. The van der Waals surface area contributed by atoms with Gasteiger partial charge in [-0.25, -0.2) is 4.98 Å². The van der Waals surface area contributed by atoms with Crippen LogP contribution in [-0.2, 0) is 6.54 Å². The molecule has 1 aromatic rings. The van der Waals surface area contributed by atoms with Gasteiger partial charge >= 0.3 is 0 Å². The molecule has 1 rings (SSSR count). The van der Waals surface area contributed by atoms with Crippen LogP contribution in [0.1, 0.15) is 19.0 Å². The first kappa shape index (κ1) is 11.2. The zero-order valence-electron chi connectivity index (χ0n) is 8.32. The molecule has 0 saturated carbocycles. The molecule has 80 valence electrons. The highest BCUT2D eigenvalue weighted by molar-refractivity contribution is 4.96. The molecule has 0 unspecified atom stereocenters. The molecule has 0 spiro atoms. The molecular weight excluding hydrogens is 182 g/mol. The van der Waals surface area contributed by atoms with Gasteiger partial charge in [-0.05, 0) is 6.42 Å². The van der Waals surface area contributed by atoms with E-state index in [0.29, 0.717) is 13.0 Å². The van der Waals surface area contributed by atoms with Gasteiger partial charge in [0.05, 0.1) is 25.1 Å². The molecule has 1 heterocycles. The van der Waals surface area contributed by atoms with Crippen LogP contribution in [0.2, 0.25) is 0 Å². The summed E-state index contributed by atoms with van der Waals surface area (Å²) in [6, 6.07) is 0. The average Bonchev–Trinajstić information content (AvgIpc) is 2.74. The van der Waals surface area contributed by atoms with Crippen molar-refractivity contribution >= 4 is 0 Å². The number of hydrogen-bond acceptors (Lipinski definition) is 4. The van der Waals surface area contributed by atoms with E-state index in [1.165, 1.54) is 0 Å². The molecule has 0 aromatic carbocycles. The van der Waals surface area contributed by atoms with Crippen molar-refractivity contribution in [3.05, 3.63) is 18.2 Å². The van der Waals surface area contributed by atoms with E-state index >= 15 is 0 Å². The topological polar surface area (TPSA) is 81.2 Å². The van der Waals surface area contributed by atoms with Gasteiger partial charge in [0.15, 0.2) is 0 Å². The molecule has 0 aliphatic heterocycles. The minimum Gasteiger partial charge on any atom is -0.394 e. The number of nitrogens with zero attached hydrogens (tertiary/aromatic N) is 1. The maximum atomic E-state index is 9.16. The summed E-state index contributed by atoms with van der Waals surface area (Å²) in [4.78, 5) is 6.82. The molecule has 5 heteroatoms. The van der Waals surface area contributed by atoms with Gasteiger partial charge in [0.2, 0.25) is 0 Å². The van der Waals surface area contributed by atoms with Crippen LogP contribution in [0.3, 0.4) is 0 Å². The Kier molecular flexibility index (Phi) is 4.06. The van der Waals surface area contributed by atoms with Gasteiger partial charge in [-0.1, -0.05) is 6.92 Å². The van der Waals surface area contributed by atoms with E-state index in [1.54, 1.807) is 12.5 Å². The van der Waals surface area contributed by atoms with E-state index in [9.17, 15) is 0 Å². The van der Waals surface area contributed by atoms with Gasteiger partial charge in [-0.3, -0.25) is 0 Å². The lowest BCUT2D eigenvalue weighted by Crippen LogP contribution is -2.50. The van der Waals surface area contributed by atoms with Crippen molar-refractivity contribution in [2.75, 3.05) is 13.2 Å². The van der Waals surface area contributed by atoms with Gasteiger partial charge in [0.1, 0.15) is 0 Å². The second-order valence-electron chi connectivity index (χ2n) is 3.38. The minimum absolute atomic E-state index is 0.0753. The molecular formula is C9H17N3O2. The number of aromatic nitrogens is 2. The third-order valence-electron chi connectivity index (χ3n) is 2.49. The van der Waals surface area contributed by atoms with Crippen LogP contribution in [0.5, 0.6) is 0 Å². The van der Waals surface area contributed by atoms with E-state index in [1.807, 2.05) is 6.92 Å². The van der Waals surface area contributed by atoms with Crippen LogP contribution in [0.15, 0.2) is 12.5 Å². The molecule has 14 heavy (non-hydrogen) atoms. The molecule has 0 radical (unpaired) electrons. The monoisotopic (exact) mass is 199 g/mol. The normalized spacial score (nSPS) is 11.9. The summed E-state index contributed by atoms with van der Waals surface area (Å²) < 4.78 is 0. The first-order chi connectivity index (χ1) is 6.76. The van der Waals surface area contributed by atoms with Gasteiger partial charge in [-0.2, -0.15) is 0 Å². The molecule has 1 aromatic heterocycles. The van der Waals surface area contributed by atoms with E-state index in [-0.39, 0.29) is 13.2 Å². The Hall–Kier alpha value is -0.910. The Labute approximate surface area is 83.2 Å². The predicted molar refractivity (Wildman–Crippen MR) is 52.6 cm³/mol. The summed E-state index contributed by atoms with van der Waals surface area (Å²) in [6.07, 6.45) is 3.98. The molecule has 4 N–H and O–H groups in total. The largest absolute Gasteiger partial charge is 0.394 e. The van der Waals surface area contributed by atoms with E-state index < -0.39 is 5.54 Å². The predicted octanol–water partition coefficient (Wildman–Crippen LogP) is -0.367. The zero-order valence-corrected chi connectivity index (χ0v) is 8.32. The highest BCUT2D eigenvalue weighted by Crippen LogP contribution is 2.09. The van der Waals surface area contributed by atoms with Crippen molar-refractivity contribution in [1.29, 1.82) is 0 Å². The van der Waals surface area contributed by atoms with Gasteiger partial charge in [0.25, 0.3) is 0 Å². The number of aliphatic hydroxyl groups excluding tert-OH is 2. The molecule has 0 aliphatic carbocycles. The maximum absolute atomic E-state index is 9.16. The zero-order chi connectivity index (χ0) is 10.4. The SMILES string of the molecule is CCC(CO)(CO)NCc1cnc[nH]1. The molecule has 0 fully saturated rings. The Morgan fingerprint density at radius 1 is 1.50 bits per heavy atom. The third-order valence-corrected chi connectivity index (χ3v) is 2.49. The second-order valence-corrected chi connectivity index (χ2v) is 3.38. The molecule has 0 atom stereocenters. The smallest absolute Gasteiger partial charge is 0.0922 e. The number of H-pyrrole nitrogens is 1. The number of imidazole rings is 1. The third kappa shape index (κ3) is 2.54. The fourth-order valence-corrected chi connectivity index (χ4v) is 1.17. The summed E-state index contributed by atoms with van der Waals surface area (Å²) in [7, 11) is 0. The summed E-state index contributed by atoms with van der Waals surface area (Å²) in [5.74, 6) is 0. The Morgan fingerprint density at radius 3 is 2.64 bits per heavy atom. The Balaban J connectivity index is 2.48. The molecule has 0 saturated heterocycles. The first-order valence-electron chi connectivity index (χ1n) is 4.70. The van der Waals surface area contributed by atoms with Crippen LogP contribution in [0, 0.1) is 0 Å². The summed E-state index contributed by atoms with van der Waals surface area (Å²) in [5.41, 5.74) is 0.343. The molecule has 5 nitrogen and oxygen atoms in total. The van der Waals surface area contributed by atoms with Crippen LogP contribution >= 0.6 is 0 Å². The minimum atomic E-state index is -0.592. The summed E-state index contributed by atoms with van der Waals surface area (Å²) in [6.45, 7) is 2.34. The van der Waals surface area contributed by atoms with Crippen molar-refractivity contribution < 1.29 is 10.2 Å². The van der Waals surface area contributed by atoms with Crippen molar-refractivity contribution in [2.45, 2.75) is 25.4 Å². The van der Waals surface area contributed by atoms with Gasteiger partial charge in [-0.15, -0.1) is 0 Å². The lowest BCUT2D eigenvalue weighted by molar-refractivity contribution is 0.0861. The maximum Gasteiger partial charge on any atom is 0.0922 e. The highest BCUT2D eigenvalue weighted by atomic mass is 16.3. The number of hydrogen-bond donors (Lipinski definition) is 4. The van der Waals surface area contributed by atoms with Crippen LogP contribution in [0.4, 0.5) is 0 Å². The van der Waals surface area contributed by atoms with Crippen LogP contribution in [-0.4, -0.2) is 38.9 Å². The number of rotatable bonds is 6. The summed E-state index contributed by atoms with van der Waals surface area (Å²) >= 11 is 0. The lowest BCUT2D eigenvalue weighted by atomic mass is 9.98. The quantitative estimate of drug-likeness (QED) is 0.504. The highest BCUT2D eigenvalue weighted by Gasteiger charge is 2.25. The molecule has 0 bridgehead atoms. The standard InChI is InChI=1S/C9H17N3O2/c1-2-9(5-13,6-14)12-4-8-3-10-7-11-8/h3,7,12-14H,2,4-6H2,1H3,(H,10,11). The molecule has 0 aliphatic rings. The van der Waals surface area contributed by atoms with E-state index in [0.717, 1.165) is 5.69 Å².